The van der Waals surface area contributed by atoms with Crippen LogP contribution in [0.5, 0.6) is 0 Å². The zero-order chi connectivity index (χ0) is 24.4. The van der Waals surface area contributed by atoms with Gasteiger partial charge in [0.15, 0.2) is 11.6 Å². The topological polar surface area (TPSA) is 92.8 Å². The van der Waals surface area contributed by atoms with E-state index in [9.17, 15) is 14.7 Å². The highest BCUT2D eigenvalue weighted by Gasteiger charge is 2.33. The first-order valence-electron chi connectivity index (χ1n) is 12.2. The molecule has 0 bridgehead atoms. The maximum atomic E-state index is 13.1. The van der Waals surface area contributed by atoms with Gasteiger partial charge < -0.3 is 9.63 Å². The van der Waals surface area contributed by atoms with Crippen molar-refractivity contribution in [2.45, 2.75) is 57.8 Å². The molecule has 35 heavy (non-hydrogen) atoms. The maximum absolute atomic E-state index is 13.1. The van der Waals surface area contributed by atoms with Gasteiger partial charge in [0.25, 0.3) is 0 Å². The van der Waals surface area contributed by atoms with E-state index in [-0.39, 0.29) is 23.2 Å². The molecule has 2 aliphatic rings. The number of aliphatic imine (C=N–C) groups is 1. The van der Waals surface area contributed by atoms with Crippen LogP contribution in [0.2, 0.25) is 0 Å². The number of aliphatic hydroxyl groups is 1. The molecule has 0 fully saturated rings. The molecule has 1 unspecified atom stereocenters. The molecule has 1 N–H and O–H groups in total. The second kappa shape index (κ2) is 9.82. The zero-order valence-electron chi connectivity index (χ0n) is 19.8. The first-order valence-corrected chi connectivity index (χ1v) is 12.2. The molecule has 0 amide bonds. The quantitative estimate of drug-likeness (QED) is 0.437. The monoisotopic (exact) mass is 468 g/mol. The van der Waals surface area contributed by atoms with Crippen LogP contribution in [0, 0.1) is 6.92 Å². The molecule has 1 atom stereocenters. The number of hydrogen-bond donors (Lipinski definition) is 1. The van der Waals surface area contributed by atoms with Crippen LogP contribution < -0.4 is 0 Å². The van der Waals surface area contributed by atoms with Gasteiger partial charge >= 0.3 is 0 Å². The fraction of sp³-hybridized carbons (Fsp3) is 0.310. The highest BCUT2D eigenvalue weighted by atomic mass is 16.5. The van der Waals surface area contributed by atoms with E-state index in [1.807, 2.05) is 61.5 Å². The third-order valence-corrected chi connectivity index (χ3v) is 6.89. The number of aliphatic hydroxyl groups excluding tert-OH is 1. The Morgan fingerprint density at radius 1 is 1.03 bits per heavy atom. The van der Waals surface area contributed by atoms with Gasteiger partial charge in [-0.05, 0) is 49.3 Å². The van der Waals surface area contributed by atoms with Gasteiger partial charge in [0.05, 0.1) is 28.2 Å². The smallest absolute Gasteiger partial charge is 0.168 e. The fourth-order valence-corrected chi connectivity index (χ4v) is 5.03. The van der Waals surface area contributed by atoms with E-state index < -0.39 is 0 Å². The van der Waals surface area contributed by atoms with Gasteiger partial charge in [-0.25, -0.2) is 0 Å². The van der Waals surface area contributed by atoms with Gasteiger partial charge in [0.2, 0.25) is 0 Å². The van der Waals surface area contributed by atoms with Gasteiger partial charge in [0, 0.05) is 25.7 Å². The van der Waals surface area contributed by atoms with E-state index in [4.69, 9.17) is 9.52 Å². The molecule has 0 saturated heterocycles. The molecule has 178 valence electrons. The summed E-state index contributed by atoms with van der Waals surface area (Å²) in [6.45, 7) is 1.96. The zero-order valence-corrected chi connectivity index (χ0v) is 19.8. The van der Waals surface area contributed by atoms with Crippen molar-refractivity contribution in [1.29, 1.82) is 0 Å². The third kappa shape index (κ3) is 4.74. The normalized spacial score (nSPS) is 18.7. The van der Waals surface area contributed by atoms with E-state index >= 15 is 0 Å². The van der Waals surface area contributed by atoms with Gasteiger partial charge in [-0.1, -0.05) is 53.7 Å². The summed E-state index contributed by atoms with van der Waals surface area (Å²) in [5.74, 6) is 0.739. The fourth-order valence-electron chi connectivity index (χ4n) is 5.03. The number of ketones is 2. The predicted octanol–water partition coefficient (Wildman–Crippen LogP) is 6.17. The van der Waals surface area contributed by atoms with Crippen LogP contribution in [0.15, 0.2) is 75.4 Å². The largest absolute Gasteiger partial charge is 0.511 e. The maximum Gasteiger partial charge on any atom is 0.168 e. The number of aromatic nitrogens is 1. The number of para-hydroxylation sites is 1. The molecule has 1 aromatic heterocycles. The molecule has 2 aliphatic carbocycles. The number of rotatable bonds is 6. The highest BCUT2D eigenvalue weighted by molar-refractivity contribution is 6.23. The van der Waals surface area contributed by atoms with Crippen molar-refractivity contribution in [2.24, 2.45) is 4.99 Å². The van der Waals surface area contributed by atoms with Crippen molar-refractivity contribution in [2.75, 3.05) is 0 Å². The lowest BCUT2D eigenvalue weighted by Crippen LogP contribution is -2.21. The molecule has 2 aromatic carbocycles. The molecule has 6 heteroatoms. The summed E-state index contributed by atoms with van der Waals surface area (Å²) < 4.78 is 5.63. The van der Waals surface area contributed by atoms with Gasteiger partial charge in [-0.15, -0.1) is 0 Å². The van der Waals surface area contributed by atoms with E-state index in [0.717, 1.165) is 16.8 Å². The molecular formula is C29H28N2O4. The molecule has 6 nitrogen and oxygen atoms in total. The minimum atomic E-state index is -0.0926. The number of fused-ring (bicyclic) bond motifs is 1. The average molecular weight is 469 g/mol. The summed E-state index contributed by atoms with van der Waals surface area (Å²) in [6, 6.07) is 17.7. The minimum absolute atomic E-state index is 0.0320. The van der Waals surface area contributed by atoms with Crippen LogP contribution >= 0.6 is 0 Å². The Hall–Kier alpha value is -3.80. The number of hydrogen-bond acceptors (Lipinski definition) is 6. The van der Waals surface area contributed by atoms with E-state index in [0.29, 0.717) is 73.2 Å². The molecule has 3 aromatic rings. The lowest BCUT2D eigenvalue weighted by Gasteiger charge is -2.20. The summed E-state index contributed by atoms with van der Waals surface area (Å²) in [7, 11) is 0. The number of Topliss-reactive ketones (excluding diaryl/α,β-unsaturated/α-hetero) is 2. The van der Waals surface area contributed by atoms with Crippen LogP contribution in [-0.2, 0) is 17.6 Å². The number of benzene rings is 2. The lowest BCUT2D eigenvalue weighted by atomic mass is 9.81. The van der Waals surface area contributed by atoms with Gasteiger partial charge in [0.1, 0.15) is 11.5 Å². The van der Waals surface area contributed by atoms with Crippen LogP contribution in [0.1, 0.15) is 71.0 Å². The molecule has 5 rings (SSSR count). The number of carbonyl (C=O) groups excluding carboxylic acids is 2. The van der Waals surface area contributed by atoms with Crippen LogP contribution in [0.4, 0.5) is 5.69 Å². The van der Waals surface area contributed by atoms with Crippen molar-refractivity contribution in [1.82, 2.24) is 5.16 Å². The van der Waals surface area contributed by atoms with Crippen molar-refractivity contribution in [3.63, 3.8) is 0 Å². The second-order valence-corrected chi connectivity index (χ2v) is 9.31. The first kappa shape index (κ1) is 23.0. The molecular weight excluding hydrogens is 440 g/mol. The van der Waals surface area contributed by atoms with Gasteiger partial charge in [-0.2, -0.15) is 0 Å². The Balaban J connectivity index is 1.43. The Kier molecular flexibility index (Phi) is 6.45. The van der Waals surface area contributed by atoms with Crippen molar-refractivity contribution in [3.05, 3.63) is 94.1 Å². The first-order chi connectivity index (χ1) is 17.0. The van der Waals surface area contributed by atoms with Crippen LogP contribution in [0.25, 0.3) is 0 Å². The average Bonchev–Trinajstić information content (AvgIpc) is 3.27. The van der Waals surface area contributed by atoms with Crippen molar-refractivity contribution in [3.8, 4) is 0 Å². The molecule has 0 radical (unpaired) electrons. The Labute approximate surface area is 204 Å². The Morgan fingerprint density at radius 3 is 2.57 bits per heavy atom. The van der Waals surface area contributed by atoms with Crippen molar-refractivity contribution >= 4 is 23.0 Å². The minimum Gasteiger partial charge on any atom is -0.511 e. The standard InChI is InChI=1S/C29H28N2O4/c1-18-8-5-6-11-21(18)30-22(28-24(32)12-7-13-25(28)33)14-15-23-29-26(34)16-20(17-27(29)35-31-23)19-9-3-2-4-10-19/h2-6,8-11,20,32H,7,12-17H2,1H3. The van der Waals surface area contributed by atoms with E-state index in [2.05, 4.69) is 5.16 Å². The molecule has 1 heterocycles. The molecule has 0 spiro atoms. The third-order valence-electron chi connectivity index (χ3n) is 6.89. The molecule has 0 saturated carbocycles. The number of carbonyl (C=O) groups is 2. The lowest BCUT2D eigenvalue weighted by molar-refractivity contribution is -0.115. The SMILES string of the molecule is Cc1ccccc1N=C(CCc1noc2c1C(=O)CC(c1ccccc1)C2)C1=C(O)CCCC1=O. The highest BCUT2D eigenvalue weighted by Crippen LogP contribution is 2.35. The van der Waals surface area contributed by atoms with E-state index in [1.54, 1.807) is 0 Å². The summed E-state index contributed by atoms with van der Waals surface area (Å²) in [5.41, 5.74) is 4.86. The van der Waals surface area contributed by atoms with Crippen LogP contribution in [0.3, 0.4) is 0 Å². The summed E-state index contributed by atoms with van der Waals surface area (Å²) in [5, 5.41) is 14.8. The number of aryl methyl sites for hydroxylation is 2. The molecule has 0 aliphatic heterocycles. The second-order valence-electron chi connectivity index (χ2n) is 9.31. The number of nitrogens with zero attached hydrogens (tertiary/aromatic N) is 2. The summed E-state index contributed by atoms with van der Waals surface area (Å²) in [6.07, 6.45) is 3.31. The van der Waals surface area contributed by atoms with Crippen molar-refractivity contribution < 1.29 is 19.2 Å². The summed E-state index contributed by atoms with van der Waals surface area (Å²) >= 11 is 0. The number of allylic oxidation sites excluding steroid dienone is 2. The summed E-state index contributed by atoms with van der Waals surface area (Å²) in [4.78, 5) is 30.7. The van der Waals surface area contributed by atoms with Crippen LogP contribution in [-0.4, -0.2) is 27.5 Å². The van der Waals surface area contributed by atoms with E-state index in [1.165, 1.54) is 0 Å². The Bertz CT molecular complexity index is 1330. The predicted molar refractivity (Wildman–Crippen MR) is 133 cm³/mol. The Morgan fingerprint density at radius 2 is 1.80 bits per heavy atom. The van der Waals surface area contributed by atoms with Gasteiger partial charge in [-0.3, -0.25) is 14.6 Å².